The Kier molecular flexibility index (Phi) is 6.52. The molecule has 2 rings (SSSR count). The summed E-state index contributed by atoms with van der Waals surface area (Å²) in [5, 5.41) is 0.0221. The van der Waals surface area contributed by atoms with Crippen LogP contribution in [0.1, 0.15) is 35.5 Å². The first kappa shape index (κ1) is 17.1. The number of benzene rings is 2. The van der Waals surface area contributed by atoms with E-state index in [2.05, 4.69) is 0 Å². The van der Waals surface area contributed by atoms with E-state index in [1.807, 2.05) is 62.4 Å². The molecule has 0 spiro atoms. The van der Waals surface area contributed by atoms with Crippen LogP contribution in [0, 0.1) is 0 Å². The predicted octanol–water partition coefficient (Wildman–Crippen LogP) is 5.13. The molecule has 0 aliphatic heterocycles. The molecule has 0 fully saturated rings. The average molecular weight is 335 g/mol. The molecule has 0 N–H and O–H groups in total. The second kappa shape index (κ2) is 8.39. The summed E-state index contributed by atoms with van der Waals surface area (Å²) in [5.74, 6) is 1.76. The topological polar surface area (TPSA) is 18.5 Å². The van der Waals surface area contributed by atoms with E-state index < -0.39 is 0 Å². The van der Waals surface area contributed by atoms with Gasteiger partial charge in [-0.25, -0.2) is 0 Å². The van der Waals surface area contributed by atoms with Gasteiger partial charge in [-0.2, -0.15) is 25.3 Å². The van der Waals surface area contributed by atoms with Crippen LogP contribution in [0.25, 0.3) is 0 Å². The lowest BCUT2D eigenvalue weighted by molar-refractivity contribution is 0.340. The maximum atomic E-state index is 5.46. The maximum Gasteiger partial charge on any atom is 0.119 e. The summed E-state index contributed by atoms with van der Waals surface area (Å²) in [6.45, 7) is 5.30. The van der Waals surface area contributed by atoms with Crippen LogP contribution in [0.15, 0.2) is 48.5 Å². The number of thiol groups is 2. The van der Waals surface area contributed by atoms with E-state index in [0.29, 0.717) is 13.2 Å². The molecule has 0 heterocycles. The summed E-state index contributed by atoms with van der Waals surface area (Å²) < 4.78 is 10.9. The van der Waals surface area contributed by atoms with Crippen molar-refractivity contribution in [3.63, 3.8) is 0 Å². The van der Waals surface area contributed by atoms with Crippen molar-refractivity contribution in [3.05, 3.63) is 59.7 Å². The van der Waals surface area contributed by atoms with Gasteiger partial charge in [0.2, 0.25) is 0 Å². The molecule has 0 aromatic heterocycles. The average Bonchev–Trinajstić information content (AvgIpc) is 2.55. The number of ether oxygens (including phenoxy) is 2. The predicted molar refractivity (Wildman–Crippen MR) is 98.7 cm³/mol. The summed E-state index contributed by atoms with van der Waals surface area (Å²) in [6, 6.07) is 16.1. The molecule has 2 atom stereocenters. The lowest BCUT2D eigenvalue weighted by Gasteiger charge is -2.20. The van der Waals surface area contributed by atoms with Gasteiger partial charge in [-0.05, 0) is 49.2 Å². The summed E-state index contributed by atoms with van der Waals surface area (Å²) in [7, 11) is 0. The molecule has 0 aliphatic carbocycles. The highest BCUT2D eigenvalue weighted by Gasteiger charge is 2.18. The summed E-state index contributed by atoms with van der Waals surface area (Å²) in [5.41, 5.74) is 2.25. The van der Waals surface area contributed by atoms with Crippen LogP contribution in [0.3, 0.4) is 0 Å². The minimum absolute atomic E-state index is 0.0111. The van der Waals surface area contributed by atoms with Gasteiger partial charge in [0.05, 0.1) is 13.2 Å². The third-order valence-electron chi connectivity index (χ3n) is 3.36. The zero-order valence-corrected chi connectivity index (χ0v) is 14.7. The Bertz CT molecular complexity index is 513. The van der Waals surface area contributed by atoms with Gasteiger partial charge in [-0.3, -0.25) is 0 Å². The van der Waals surface area contributed by atoms with Crippen LogP contribution >= 0.6 is 25.3 Å². The molecule has 0 aliphatic rings. The van der Waals surface area contributed by atoms with Crippen molar-refractivity contribution in [2.45, 2.75) is 24.3 Å². The highest BCUT2D eigenvalue weighted by molar-refractivity contribution is 7.84. The summed E-state index contributed by atoms with van der Waals surface area (Å²) >= 11 is 9.46. The van der Waals surface area contributed by atoms with Crippen LogP contribution in [0.2, 0.25) is 0 Å². The molecule has 22 heavy (non-hydrogen) atoms. The third-order valence-corrected chi connectivity index (χ3v) is 4.79. The second-order valence-electron chi connectivity index (χ2n) is 4.89. The van der Waals surface area contributed by atoms with E-state index in [4.69, 9.17) is 34.7 Å². The molecule has 2 aromatic rings. The van der Waals surface area contributed by atoms with Crippen molar-refractivity contribution in [2.24, 2.45) is 0 Å². The van der Waals surface area contributed by atoms with Gasteiger partial charge in [-0.15, -0.1) is 0 Å². The van der Waals surface area contributed by atoms with Crippen molar-refractivity contribution in [3.8, 4) is 11.5 Å². The van der Waals surface area contributed by atoms with E-state index in [1.54, 1.807) is 0 Å². The van der Waals surface area contributed by atoms with Gasteiger partial charge in [0.25, 0.3) is 0 Å². The molecule has 0 radical (unpaired) electrons. The molecule has 0 amide bonds. The van der Waals surface area contributed by atoms with Gasteiger partial charge >= 0.3 is 0 Å². The fourth-order valence-electron chi connectivity index (χ4n) is 2.22. The highest BCUT2D eigenvalue weighted by atomic mass is 32.1. The number of hydrogen-bond acceptors (Lipinski definition) is 4. The van der Waals surface area contributed by atoms with Crippen LogP contribution in [-0.4, -0.2) is 13.2 Å². The molecule has 2 aromatic carbocycles. The van der Waals surface area contributed by atoms with Crippen molar-refractivity contribution in [2.75, 3.05) is 13.2 Å². The Morgan fingerprint density at radius 2 is 1.00 bits per heavy atom. The first-order valence-electron chi connectivity index (χ1n) is 7.47. The number of rotatable bonds is 7. The molecular formula is C18H22O2S2. The summed E-state index contributed by atoms with van der Waals surface area (Å²) in [4.78, 5) is 0. The zero-order chi connectivity index (χ0) is 15.9. The van der Waals surface area contributed by atoms with Gasteiger partial charge in [0.15, 0.2) is 0 Å². The molecule has 4 heteroatoms. The van der Waals surface area contributed by atoms with E-state index in [0.717, 1.165) is 22.6 Å². The fourth-order valence-corrected chi connectivity index (χ4v) is 2.91. The minimum Gasteiger partial charge on any atom is -0.494 e. The SMILES string of the molecule is CCOc1ccc(C(S)C(S)c2ccc(OCC)cc2)cc1. The van der Waals surface area contributed by atoms with Crippen LogP contribution < -0.4 is 9.47 Å². The maximum absolute atomic E-state index is 5.46. The van der Waals surface area contributed by atoms with Crippen molar-refractivity contribution < 1.29 is 9.47 Å². The van der Waals surface area contributed by atoms with Gasteiger partial charge in [-0.1, -0.05) is 24.3 Å². The van der Waals surface area contributed by atoms with E-state index >= 15 is 0 Å². The molecule has 2 unspecified atom stereocenters. The molecular weight excluding hydrogens is 312 g/mol. The lowest BCUT2D eigenvalue weighted by atomic mass is 10.0. The van der Waals surface area contributed by atoms with Crippen molar-refractivity contribution >= 4 is 25.3 Å². The fraction of sp³-hybridized carbons (Fsp3) is 0.333. The largest absolute Gasteiger partial charge is 0.494 e. The highest BCUT2D eigenvalue weighted by Crippen LogP contribution is 2.39. The molecule has 2 nitrogen and oxygen atoms in total. The minimum atomic E-state index is 0.0111. The standard InChI is InChI=1S/C18H22O2S2/c1-3-19-15-9-5-13(6-10-15)17(21)18(22)14-7-11-16(12-8-14)20-4-2/h5-12,17-18,21-22H,3-4H2,1-2H3. The quantitative estimate of drug-likeness (QED) is 0.684. The van der Waals surface area contributed by atoms with Crippen LogP contribution in [-0.2, 0) is 0 Å². The van der Waals surface area contributed by atoms with Crippen LogP contribution in [0.5, 0.6) is 11.5 Å². The Balaban J connectivity index is 2.08. The van der Waals surface area contributed by atoms with Crippen LogP contribution in [0.4, 0.5) is 0 Å². The van der Waals surface area contributed by atoms with Gasteiger partial charge in [0, 0.05) is 10.5 Å². The lowest BCUT2D eigenvalue weighted by Crippen LogP contribution is -2.01. The number of hydrogen-bond donors (Lipinski definition) is 2. The summed E-state index contributed by atoms with van der Waals surface area (Å²) in [6.07, 6.45) is 0. The molecule has 0 bridgehead atoms. The zero-order valence-electron chi connectivity index (χ0n) is 12.9. The Morgan fingerprint density at radius 1 is 0.682 bits per heavy atom. The van der Waals surface area contributed by atoms with E-state index in [9.17, 15) is 0 Å². The first-order valence-corrected chi connectivity index (χ1v) is 8.50. The van der Waals surface area contributed by atoms with E-state index in [-0.39, 0.29) is 10.5 Å². The van der Waals surface area contributed by atoms with Gasteiger partial charge < -0.3 is 9.47 Å². The molecule has 0 saturated heterocycles. The third kappa shape index (κ3) is 4.37. The second-order valence-corrected chi connectivity index (χ2v) is 6.01. The molecule has 0 saturated carbocycles. The Labute approximate surface area is 143 Å². The molecule has 118 valence electrons. The van der Waals surface area contributed by atoms with Crippen molar-refractivity contribution in [1.82, 2.24) is 0 Å². The smallest absolute Gasteiger partial charge is 0.119 e. The Morgan fingerprint density at radius 3 is 1.27 bits per heavy atom. The normalized spacial score (nSPS) is 13.5. The monoisotopic (exact) mass is 334 g/mol. The first-order chi connectivity index (χ1) is 10.7. The van der Waals surface area contributed by atoms with E-state index in [1.165, 1.54) is 0 Å². The van der Waals surface area contributed by atoms with Crippen molar-refractivity contribution in [1.29, 1.82) is 0 Å². The van der Waals surface area contributed by atoms with Gasteiger partial charge in [0.1, 0.15) is 11.5 Å². The Hall–Kier alpha value is -1.26.